The van der Waals surface area contributed by atoms with E-state index in [2.05, 4.69) is 4.99 Å². The predicted molar refractivity (Wildman–Crippen MR) is 86.8 cm³/mol. The van der Waals surface area contributed by atoms with Gasteiger partial charge < -0.3 is 14.2 Å². The van der Waals surface area contributed by atoms with Crippen LogP contribution in [0.2, 0.25) is 0 Å². The highest BCUT2D eigenvalue weighted by molar-refractivity contribution is 5.65. The molecule has 0 saturated heterocycles. The molecule has 0 amide bonds. The van der Waals surface area contributed by atoms with Gasteiger partial charge in [0.15, 0.2) is 6.23 Å². The van der Waals surface area contributed by atoms with Gasteiger partial charge in [-0.15, -0.1) is 0 Å². The first kappa shape index (κ1) is 16.4. The van der Waals surface area contributed by atoms with Crippen LogP contribution in [-0.2, 0) is 9.47 Å². The van der Waals surface area contributed by atoms with Crippen LogP contribution in [0.25, 0.3) is 0 Å². The molecule has 2 atom stereocenters. The zero-order valence-corrected chi connectivity index (χ0v) is 13.5. The van der Waals surface area contributed by atoms with Crippen LogP contribution in [0.4, 0.5) is 4.39 Å². The van der Waals surface area contributed by atoms with Gasteiger partial charge in [-0.2, -0.15) is 0 Å². The molecular weight excluding hydrogens is 297 g/mol. The first-order chi connectivity index (χ1) is 11.3. The van der Waals surface area contributed by atoms with Crippen LogP contribution in [0.15, 0.2) is 23.2 Å². The average molecular weight is 321 g/mol. The number of benzene rings is 1. The molecule has 0 radical (unpaired) electrons. The van der Waals surface area contributed by atoms with Crippen molar-refractivity contribution in [3.8, 4) is 5.75 Å². The molecule has 1 saturated carbocycles. The average Bonchev–Trinajstić information content (AvgIpc) is 3.02. The highest BCUT2D eigenvalue weighted by Crippen LogP contribution is 2.35. The number of methoxy groups -OCH3 is 1. The van der Waals surface area contributed by atoms with E-state index in [1.165, 1.54) is 25.3 Å². The molecule has 1 heterocycles. The number of nitrogens with zero attached hydrogens (tertiary/aromatic N) is 1. The summed E-state index contributed by atoms with van der Waals surface area (Å²) in [7, 11) is 1.62. The quantitative estimate of drug-likeness (QED) is 0.802. The molecule has 1 fully saturated rings. The molecule has 0 N–H and O–H groups in total. The number of hydrogen-bond acceptors (Lipinski definition) is 4. The Kier molecular flexibility index (Phi) is 5.62. The van der Waals surface area contributed by atoms with Gasteiger partial charge in [-0.3, -0.25) is 4.99 Å². The van der Waals surface area contributed by atoms with E-state index < -0.39 is 0 Å². The number of hydrogen-bond donors (Lipinski definition) is 0. The van der Waals surface area contributed by atoms with E-state index in [0.717, 1.165) is 18.4 Å². The standard InChI is InChI=1S/C18H24FNO3/c1-21-11-15-10-20-18(23-15)12-22-14-7-8-16(17(19)9-14)13-5-3-2-4-6-13/h7-10,13,15,18H,2-6,11-12H2,1H3/t15?,18-/m0/s1. The molecule has 1 aromatic rings. The van der Waals surface area contributed by atoms with Gasteiger partial charge in [-0.25, -0.2) is 4.39 Å². The lowest BCUT2D eigenvalue weighted by molar-refractivity contribution is -0.0104. The van der Waals surface area contributed by atoms with Crippen molar-refractivity contribution in [1.82, 2.24) is 0 Å². The van der Waals surface area contributed by atoms with Crippen molar-refractivity contribution >= 4 is 6.21 Å². The van der Waals surface area contributed by atoms with Crippen LogP contribution in [0.1, 0.15) is 43.6 Å². The first-order valence-electron chi connectivity index (χ1n) is 8.36. The maximum Gasteiger partial charge on any atom is 0.182 e. The lowest BCUT2D eigenvalue weighted by Gasteiger charge is -2.22. The monoisotopic (exact) mass is 321 g/mol. The van der Waals surface area contributed by atoms with E-state index in [9.17, 15) is 4.39 Å². The molecular formula is C18H24FNO3. The van der Waals surface area contributed by atoms with E-state index in [-0.39, 0.29) is 24.8 Å². The van der Waals surface area contributed by atoms with E-state index in [0.29, 0.717) is 18.3 Å². The lowest BCUT2D eigenvalue weighted by atomic mass is 9.84. The van der Waals surface area contributed by atoms with E-state index in [1.54, 1.807) is 13.3 Å². The van der Waals surface area contributed by atoms with E-state index in [1.807, 2.05) is 12.1 Å². The minimum absolute atomic E-state index is 0.126. The third-order valence-electron chi connectivity index (χ3n) is 4.49. The van der Waals surface area contributed by atoms with Crippen LogP contribution in [-0.4, -0.2) is 38.9 Å². The second-order valence-electron chi connectivity index (χ2n) is 6.21. The summed E-state index contributed by atoms with van der Waals surface area (Å²) in [6, 6.07) is 5.20. The maximum absolute atomic E-state index is 14.3. The fraction of sp³-hybridized carbons (Fsp3) is 0.611. The van der Waals surface area contributed by atoms with Crippen LogP contribution >= 0.6 is 0 Å². The Labute approximate surface area is 136 Å². The largest absolute Gasteiger partial charge is 0.489 e. The van der Waals surface area contributed by atoms with Crippen LogP contribution < -0.4 is 4.74 Å². The Balaban J connectivity index is 1.53. The van der Waals surface area contributed by atoms with Crippen LogP contribution in [0.5, 0.6) is 5.75 Å². The normalized spacial score (nSPS) is 25.0. The lowest BCUT2D eigenvalue weighted by Crippen LogP contribution is -2.23. The fourth-order valence-corrected chi connectivity index (χ4v) is 3.30. The number of rotatable bonds is 6. The molecule has 1 unspecified atom stereocenters. The second-order valence-corrected chi connectivity index (χ2v) is 6.21. The number of aliphatic imine (C=N–C) groups is 1. The van der Waals surface area contributed by atoms with Gasteiger partial charge >= 0.3 is 0 Å². The Morgan fingerprint density at radius 3 is 2.78 bits per heavy atom. The fourth-order valence-electron chi connectivity index (χ4n) is 3.30. The Hall–Kier alpha value is -1.46. The molecule has 126 valence electrons. The van der Waals surface area contributed by atoms with E-state index >= 15 is 0 Å². The molecule has 0 aromatic heterocycles. The molecule has 0 bridgehead atoms. The van der Waals surface area contributed by atoms with Gasteiger partial charge in [0.2, 0.25) is 0 Å². The molecule has 2 aliphatic rings. The van der Waals surface area contributed by atoms with Gasteiger partial charge in [-0.05, 0) is 30.4 Å². The van der Waals surface area contributed by atoms with E-state index in [4.69, 9.17) is 14.2 Å². The minimum atomic E-state index is -0.351. The molecule has 5 heteroatoms. The Morgan fingerprint density at radius 1 is 1.22 bits per heavy atom. The highest BCUT2D eigenvalue weighted by Gasteiger charge is 2.22. The predicted octanol–water partition coefficient (Wildman–Crippen LogP) is 3.69. The molecule has 3 rings (SSSR count). The van der Waals surface area contributed by atoms with Gasteiger partial charge in [0.25, 0.3) is 0 Å². The third-order valence-corrected chi connectivity index (χ3v) is 4.49. The van der Waals surface area contributed by atoms with Crippen molar-refractivity contribution in [2.75, 3.05) is 20.3 Å². The van der Waals surface area contributed by atoms with Gasteiger partial charge in [0.05, 0.1) is 6.61 Å². The van der Waals surface area contributed by atoms with Crippen molar-refractivity contribution in [1.29, 1.82) is 0 Å². The molecule has 1 aliphatic carbocycles. The van der Waals surface area contributed by atoms with Crippen LogP contribution in [0.3, 0.4) is 0 Å². The van der Waals surface area contributed by atoms with Crippen LogP contribution in [0, 0.1) is 5.82 Å². The molecule has 4 nitrogen and oxygen atoms in total. The number of ether oxygens (including phenoxy) is 3. The Morgan fingerprint density at radius 2 is 2.04 bits per heavy atom. The smallest absolute Gasteiger partial charge is 0.182 e. The van der Waals surface area contributed by atoms with Crippen molar-refractivity contribution in [3.05, 3.63) is 29.6 Å². The number of halogens is 1. The van der Waals surface area contributed by atoms with Gasteiger partial charge in [0, 0.05) is 19.4 Å². The van der Waals surface area contributed by atoms with Crippen molar-refractivity contribution in [2.45, 2.75) is 50.4 Å². The summed E-state index contributed by atoms with van der Waals surface area (Å²) in [6.45, 7) is 0.754. The zero-order valence-electron chi connectivity index (χ0n) is 13.5. The maximum atomic E-state index is 14.3. The highest BCUT2D eigenvalue weighted by atomic mass is 19.1. The summed E-state index contributed by atoms with van der Waals surface area (Å²) in [5.41, 5.74) is 0.826. The second kappa shape index (κ2) is 7.88. The van der Waals surface area contributed by atoms with Crippen molar-refractivity contribution in [3.63, 3.8) is 0 Å². The summed E-state index contributed by atoms with van der Waals surface area (Å²) in [5.74, 6) is 0.717. The van der Waals surface area contributed by atoms with Gasteiger partial charge in [0.1, 0.15) is 24.3 Å². The SMILES string of the molecule is COCC1C=N[C@H](COc2ccc(C3CCCCC3)c(F)c2)O1. The topological polar surface area (TPSA) is 40.0 Å². The van der Waals surface area contributed by atoms with Crippen molar-refractivity contribution < 1.29 is 18.6 Å². The summed E-state index contributed by atoms with van der Waals surface area (Å²) in [4.78, 5) is 4.22. The Bertz CT molecular complexity index is 543. The first-order valence-corrected chi connectivity index (χ1v) is 8.36. The minimum Gasteiger partial charge on any atom is -0.489 e. The third kappa shape index (κ3) is 4.30. The molecule has 23 heavy (non-hydrogen) atoms. The zero-order chi connectivity index (χ0) is 16.1. The molecule has 0 spiro atoms. The summed E-state index contributed by atoms with van der Waals surface area (Å²) < 4.78 is 30.6. The summed E-state index contributed by atoms with van der Waals surface area (Å²) >= 11 is 0. The molecule has 1 aliphatic heterocycles. The molecule has 1 aromatic carbocycles. The van der Waals surface area contributed by atoms with Gasteiger partial charge in [-0.1, -0.05) is 25.3 Å². The summed E-state index contributed by atoms with van der Waals surface area (Å²) in [5, 5.41) is 0. The summed E-state index contributed by atoms with van der Waals surface area (Å²) in [6.07, 6.45) is 7.08. The van der Waals surface area contributed by atoms with Crippen molar-refractivity contribution in [2.24, 2.45) is 4.99 Å².